The summed E-state index contributed by atoms with van der Waals surface area (Å²) in [5.41, 5.74) is 0. The largest absolute Gasteiger partial charge is 0.396 e. The molecule has 0 unspecified atom stereocenters. The van der Waals surface area contributed by atoms with Crippen molar-refractivity contribution in [1.29, 1.82) is 0 Å². The van der Waals surface area contributed by atoms with Gasteiger partial charge in [0.2, 0.25) is 0 Å². The third kappa shape index (κ3) is 10.7. The Balaban J connectivity index is 0. The average molecular weight is 127 g/mol. The van der Waals surface area contributed by atoms with Crippen molar-refractivity contribution in [1.82, 2.24) is 0 Å². The van der Waals surface area contributed by atoms with Gasteiger partial charge in [0.1, 0.15) is 0 Å². The molecule has 0 saturated heterocycles. The van der Waals surface area contributed by atoms with E-state index in [4.69, 9.17) is 10.2 Å². The van der Waals surface area contributed by atoms with Crippen LogP contribution in [0.25, 0.3) is 0 Å². The third-order valence-electron chi connectivity index (χ3n) is 0.566. The van der Waals surface area contributed by atoms with Crippen LogP contribution in [0.15, 0.2) is 0 Å². The summed E-state index contributed by atoms with van der Waals surface area (Å²) >= 11 is 0. The average Bonchev–Trinajstić information content (AvgIpc) is 1.61. The minimum absolute atomic E-state index is 0. The molecule has 0 aromatic heterocycles. The smallest absolute Gasteiger partial charge is 0.0431 e. The van der Waals surface area contributed by atoms with E-state index in [2.05, 4.69) is 0 Å². The number of rotatable bonds is 3. The molecule has 0 aliphatic carbocycles. The van der Waals surface area contributed by atoms with Gasteiger partial charge in [0.25, 0.3) is 0 Å². The van der Waals surface area contributed by atoms with E-state index in [-0.39, 0.29) is 25.6 Å². The van der Waals surface area contributed by atoms with Crippen LogP contribution in [0, 0.1) is 0 Å². The first-order valence-electron chi connectivity index (χ1n) is 2.13. The van der Waals surface area contributed by atoms with Gasteiger partial charge >= 0.3 is 0 Å². The molecule has 0 aromatic carbocycles. The second-order valence-corrected chi connectivity index (χ2v) is 1.15. The van der Waals surface area contributed by atoms with Crippen LogP contribution in [0.2, 0.25) is 0 Å². The molecule has 0 aliphatic rings. The van der Waals surface area contributed by atoms with E-state index < -0.39 is 0 Å². The van der Waals surface area contributed by atoms with Gasteiger partial charge < -0.3 is 10.2 Å². The van der Waals surface area contributed by atoms with Gasteiger partial charge in [0, 0.05) is 13.2 Å². The van der Waals surface area contributed by atoms with Crippen LogP contribution >= 0.6 is 12.4 Å². The highest BCUT2D eigenvalue weighted by Crippen LogP contribution is 1.80. The van der Waals surface area contributed by atoms with Crippen molar-refractivity contribution in [2.24, 2.45) is 0 Å². The molecule has 46 valence electrons. The predicted molar refractivity (Wildman–Crippen MR) is 30.7 cm³/mol. The minimum atomic E-state index is 0. The van der Waals surface area contributed by atoms with Gasteiger partial charge in [-0.25, -0.2) is 0 Å². The van der Waals surface area contributed by atoms with E-state index in [0.717, 1.165) is 12.8 Å². The fourth-order valence-corrected chi connectivity index (χ4v) is 0.224. The van der Waals surface area contributed by atoms with E-state index in [1.54, 1.807) is 0 Å². The van der Waals surface area contributed by atoms with Crippen LogP contribution in [0.1, 0.15) is 12.8 Å². The van der Waals surface area contributed by atoms with Crippen molar-refractivity contribution in [2.75, 3.05) is 13.2 Å². The number of hydrogen-bond acceptors (Lipinski definition) is 2. The Labute approximate surface area is 49.6 Å². The molecule has 0 saturated carbocycles. The molecule has 0 amide bonds. The minimum Gasteiger partial charge on any atom is -0.396 e. The summed E-state index contributed by atoms with van der Waals surface area (Å²) in [6.45, 7) is 0.390. The SMILES string of the molecule is Cl.OCCCCO. The normalized spacial score (nSPS) is 7.71. The summed E-state index contributed by atoms with van der Waals surface area (Å²) in [6, 6.07) is 0. The third-order valence-corrected chi connectivity index (χ3v) is 0.566. The van der Waals surface area contributed by atoms with E-state index >= 15 is 0 Å². The van der Waals surface area contributed by atoms with E-state index in [9.17, 15) is 0 Å². The Morgan fingerprint density at radius 1 is 0.857 bits per heavy atom. The van der Waals surface area contributed by atoms with Crippen molar-refractivity contribution in [3.05, 3.63) is 0 Å². The Kier molecular flexibility index (Phi) is 13.9. The lowest BCUT2D eigenvalue weighted by Crippen LogP contribution is -1.85. The van der Waals surface area contributed by atoms with E-state index in [1.165, 1.54) is 0 Å². The molecular formula is C4H11ClO2. The summed E-state index contributed by atoms with van der Waals surface area (Å²) in [5.74, 6) is 0. The van der Waals surface area contributed by atoms with Crippen LogP contribution < -0.4 is 0 Å². The zero-order valence-electron chi connectivity index (χ0n) is 4.13. The highest BCUT2D eigenvalue weighted by molar-refractivity contribution is 5.85. The Bertz CT molecular complexity index is 21.7. The maximum absolute atomic E-state index is 8.09. The first-order valence-corrected chi connectivity index (χ1v) is 2.13. The lowest BCUT2D eigenvalue weighted by atomic mass is 10.3. The molecule has 0 fully saturated rings. The van der Waals surface area contributed by atoms with Gasteiger partial charge in [-0.3, -0.25) is 0 Å². The van der Waals surface area contributed by atoms with Crippen LogP contribution in [-0.2, 0) is 0 Å². The molecule has 2 N–H and O–H groups in total. The molecule has 0 aliphatic heterocycles. The topological polar surface area (TPSA) is 40.5 Å². The number of hydrogen-bond donors (Lipinski definition) is 2. The Morgan fingerprint density at radius 3 is 1.29 bits per heavy atom. The molecule has 0 heterocycles. The first-order chi connectivity index (χ1) is 2.91. The molecule has 0 rings (SSSR count). The van der Waals surface area contributed by atoms with Crippen LogP contribution in [-0.4, -0.2) is 23.4 Å². The van der Waals surface area contributed by atoms with Crippen molar-refractivity contribution in [2.45, 2.75) is 12.8 Å². The monoisotopic (exact) mass is 126 g/mol. The van der Waals surface area contributed by atoms with Gasteiger partial charge in [-0.15, -0.1) is 12.4 Å². The van der Waals surface area contributed by atoms with Crippen molar-refractivity contribution in [3.63, 3.8) is 0 Å². The Hall–Kier alpha value is 0.210. The predicted octanol–water partition coefficient (Wildman–Crippen LogP) is 0.173. The molecule has 0 aromatic rings. The summed E-state index contributed by atoms with van der Waals surface area (Å²) in [5, 5.41) is 16.2. The second kappa shape index (κ2) is 9.51. The lowest BCUT2D eigenvalue weighted by molar-refractivity contribution is 0.242. The molecular weight excluding hydrogens is 115 g/mol. The number of halogens is 1. The Morgan fingerprint density at radius 2 is 1.14 bits per heavy atom. The van der Waals surface area contributed by atoms with Gasteiger partial charge in [-0.05, 0) is 12.8 Å². The maximum atomic E-state index is 8.09. The number of unbranched alkanes of at least 4 members (excludes halogenated alkanes) is 1. The number of aliphatic hydroxyl groups excluding tert-OH is 2. The quantitative estimate of drug-likeness (QED) is 0.530. The lowest BCUT2D eigenvalue weighted by Gasteiger charge is -1.85. The summed E-state index contributed by atoms with van der Waals surface area (Å²) in [6.07, 6.45) is 1.44. The fraction of sp³-hybridized carbons (Fsp3) is 1.00. The number of aliphatic hydroxyl groups is 2. The van der Waals surface area contributed by atoms with Gasteiger partial charge in [-0.1, -0.05) is 0 Å². The summed E-state index contributed by atoms with van der Waals surface area (Å²) < 4.78 is 0. The second-order valence-electron chi connectivity index (χ2n) is 1.15. The van der Waals surface area contributed by atoms with Crippen molar-refractivity contribution < 1.29 is 10.2 Å². The van der Waals surface area contributed by atoms with Crippen LogP contribution in [0.3, 0.4) is 0 Å². The van der Waals surface area contributed by atoms with Crippen LogP contribution in [0.5, 0.6) is 0 Å². The zero-order valence-corrected chi connectivity index (χ0v) is 4.95. The molecule has 0 radical (unpaired) electrons. The summed E-state index contributed by atoms with van der Waals surface area (Å²) in [4.78, 5) is 0. The van der Waals surface area contributed by atoms with Gasteiger partial charge in [-0.2, -0.15) is 0 Å². The van der Waals surface area contributed by atoms with E-state index in [1.807, 2.05) is 0 Å². The molecule has 0 bridgehead atoms. The maximum Gasteiger partial charge on any atom is 0.0431 e. The van der Waals surface area contributed by atoms with Crippen molar-refractivity contribution in [3.8, 4) is 0 Å². The van der Waals surface area contributed by atoms with Gasteiger partial charge in [0.05, 0.1) is 0 Å². The fourth-order valence-electron chi connectivity index (χ4n) is 0.224. The highest BCUT2D eigenvalue weighted by Gasteiger charge is 1.77. The summed E-state index contributed by atoms with van der Waals surface area (Å²) in [7, 11) is 0. The highest BCUT2D eigenvalue weighted by atomic mass is 35.5. The molecule has 3 heteroatoms. The van der Waals surface area contributed by atoms with Crippen molar-refractivity contribution >= 4 is 12.4 Å². The molecule has 2 nitrogen and oxygen atoms in total. The van der Waals surface area contributed by atoms with E-state index in [0.29, 0.717) is 0 Å². The molecule has 7 heavy (non-hydrogen) atoms. The first kappa shape index (κ1) is 10.2. The standard InChI is InChI=1S/C4H10O2.ClH/c5-3-1-2-4-6;/h5-6H,1-4H2;1H. The molecule has 0 spiro atoms. The molecule has 0 atom stereocenters. The van der Waals surface area contributed by atoms with Gasteiger partial charge in [0.15, 0.2) is 0 Å². The zero-order chi connectivity index (χ0) is 4.83. The van der Waals surface area contributed by atoms with Crippen LogP contribution in [0.4, 0.5) is 0 Å².